The highest BCUT2D eigenvalue weighted by molar-refractivity contribution is 5.83. The van der Waals surface area contributed by atoms with Crippen LogP contribution in [0, 0.1) is 5.41 Å². The molecular formula is C6H11N3O3. The van der Waals surface area contributed by atoms with Gasteiger partial charge in [0.2, 0.25) is 0 Å². The van der Waals surface area contributed by atoms with Gasteiger partial charge in [-0.1, -0.05) is 0 Å². The topological polar surface area (TPSA) is 111 Å². The van der Waals surface area contributed by atoms with Crippen molar-refractivity contribution < 1.29 is 15.0 Å². The van der Waals surface area contributed by atoms with Crippen molar-refractivity contribution in [2.75, 3.05) is 6.54 Å². The maximum atomic E-state index is 10.6. The number of likely N-dealkylation sites (tertiary alicyclic amines) is 1. The molecule has 0 amide bonds. The summed E-state index contributed by atoms with van der Waals surface area (Å²) >= 11 is 0. The highest BCUT2D eigenvalue weighted by Gasteiger charge is 2.36. The van der Waals surface area contributed by atoms with Gasteiger partial charge in [-0.15, -0.1) is 0 Å². The number of guanidine groups is 1. The summed E-state index contributed by atoms with van der Waals surface area (Å²) in [5, 5.41) is 24.8. The van der Waals surface area contributed by atoms with Gasteiger partial charge >= 0.3 is 5.97 Å². The van der Waals surface area contributed by atoms with Crippen LogP contribution in [0.2, 0.25) is 0 Å². The number of nitrogens with zero attached hydrogens (tertiary/aromatic N) is 1. The lowest BCUT2D eigenvalue weighted by molar-refractivity contribution is -0.141. The fourth-order valence-electron chi connectivity index (χ4n) is 1.31. The third-order valence-corrected chi connectivity index (χ3v) is 1.87. The van der Waals surface area contributed by atoms with E-state index in [0.29, 0.717) is 0 Å². The Kier molecular flexibility index (Phi) is 2.18. The molecule has 1 aliphatic rings. The Morgan fingerprint density at radius 3 is 2.58 bits per heavy atom. The molecular weight excluding hydrogens is 162 g/mol. The lowest BCUT2D eigenvalue weighted by atomic mass is 10.2. The lowest BCUT2D eigenvalue weighted by Gasteiger charge is -2.20. The van der Waals surface area contributed by atoms with Crippen LogP contribution >= 0.6 is 0 Å². The number of hydrogen-bond acceptors (Lipinski definition) is 3. The van der Waals surface area contributed by atoms with Crippen LogP contribution in [0.4, 0.5) is 0 Å². The monoisotopic (exact) mass is 173 g/mol. The minimum atomic E-state index is -1.05. The van der Waals surface area contributed by atoms with Crippen molar-refractivity contribution in [1.29, 1.82) is 5.41 Å². The average Bonchev–Trinajstić information content (AvgIpc) is 2.31. The SMILES string of the molecule is N=C(N)N1CC(O)CC1C(=O)O. The summed E-state index contributed by atoms with van der Waals surface area (Å²) in [5.74, 6) is -1.36. The summed E-state index contributed by atoms with van der Waals surface area (Å²) in [7, 11) is 0. The minimum Gasteiger partial charge on any atom is -0.480 e. The number of hydrogen-bond donors (Lipinski definition) is 4. The van der Waals surface area contributed by atoms with Crippen LogP contribution < -0.4 is 5.73 Å². The molecule has 1 heterocycles. The predicted molar refractivity (Wildman–Crippen MR) is 40.7 cm³/mol. The van der Waals surface area contributed by atoms with E-state index in [9.17, 15) is 4.79 Å². The third kappa shape index (κ3) is 1.48. The number of carbonyl (C=O) groups is 1. The first-order valence-corrected chi connectivity index (χ1v) is 3.54. The Bertz CT molecular complexity index is 196. The third-order valence-electron chi connectivity index (χ3n) is 1.87. The molecule has 0 spiro atoms. The van der Waals surface area contributed by atoms with Gasteiger partial charge in [-0.2, -0.15) is 0 Å². The smallest absolute Gasteiger partial charge is 0.326 e. The Hall–Kier alpha value is -1.30. The molecule has 1 fully saturated rings. The van der Waals surface area contributed by atoms with Crippen LogP contribution in [0.5, 0.6) is 0 Å². The van der Waals surface area contributed by atoms with Crippen molar-refractivity contribution >= 4 is 11.9 Å². The molecule has 6 nitrogen and oxygen atoms in total. The Balaban J connectivity index is 2.72. The highest BCUT2D eigenvalue weighted by atomic mass is 16.4. The van der Waals surface area contributed by atoms with E-state index in [1.165, 1.54) is 4.90 Å². The van der Waals surface area contributed by atoms with Crippen LogP contribution in [0.15, 0.2) is 0 Å². The molecule has 2 atom stereocenters. The fourth-order valence-corrected chi connectivity index (χ4v) is 1.31. The first-order valence-electron chi connectivity index (χ1n) is 3.54. The van der Waals surface area contributed by atoms with Crippen LogP contribution in [0.25, 0.3) is 0 Å². The van der Waals surface area contributed by atoms with Crippen molar-refractivity contribution in [1.82, 2.24) is 4.90 Å². The van der Waals surface area contributed by atoms with E-state index < -0.39 is 18.1 Å². The van der Waals surface area contributed by atoms with Crippen molar-refractivity contribution in [3.8, 4) is 0 Å². The second-order valence-electron chi connectivity index (χ2n) is 2.78. The van der Waals surface area contributed by atoms with Crippen molar-refractivity contribution in [3.05, 3.63) is 0 Å². The standard InChI is InChI=1S/C6H11N3O3/c7-6(8)9-2-3(10)1-4(9)5(11)12/h3-4,10H,1-2H2,(H3,7,8)(H,11,12). The molecule has 0 aromatic carbocycles. The maximum Gasteiger partial charge on any atom is 0.326 e. The quantitative estimate of drug-likeness (QED) is 0.282. The zero-order chi connectivity index (χ0) is 9.30. The predicted octanol–water partition coefficient (Wildman–Crippen LogP) is -1.60. The zero-order valence-corrected chi connectivity index (χ0v) is 6.40. The van der Waals surface area contributed by atoms with Crippen LogP contribution in [0.1, 0.15) is 6.42 Å². The number of aliphatic hydroxyl groups is 1. The van der Waals surface area contributed by atoms with Gasteiger partial charge in [0.1, 0.15) is 6.04 Å². The van der Waals surface area contributed by atoms with E-state index in [-0.39, 0.29) is 18.9 Å². The molecule has 1 saturated heterocycles. The summed E-state index contributed by atoms with van der Waals surface area (Å²) < 4.78 is 0. The van der Waals surface area contributed by atoms with Crippen molar-refractivity contribution in [2.24, 2.45) is 5.73 Å². The molecule has 2 unspecified atom stereocenters. The molecule has 6 heteroatoms. The van der Waals surface area contributed by atoms with E-state index in [1.54, 1.807) is 0 Å². The highest BCUT2D eigenvalue weighted by Crippen LogP contribution is 2.16. The Morgan fingerprint density at radius 2 is 2.25 bits per heavy atom. The molecule has 0 aromatic heterocycles. The average molecular weight is 173 g/mol. The first kappa shape index (κ1) is 8.79. The van der Waals surface area contributed by atoms with E-state index in [0.717, 1.165) is 0 Å². The van der Waals surface area contributed by atoms with Gasteiger partial charge in [-0.05, 0) is 0 Å². The normalized spacial score (nSPS) is 28.9. The van der Waals surface area contributed by atoms with Crippen LogP contribution in [0.3, 0.4) is 0 Å². The molecule has 68 valence electrons. The number of aliphatic carboxylic acids is 1. The number of nitrogens with two attached hydrogens (primary N) is 1. The van der Waals surface area contributed by atoms with Crippen LogP contribution in [-0.4, -0.2) is 45.7 Å². The van der Waals surface area contributed by atoms with Crippen molar-refractivity contribution in [2.45, 2.75) is 18.6 Å². The molecule has 5 N–H and O–H groups in total. The Morgan fingerprint density at radius 1 is 1.67 bits per heavy atom. The summed E-state index contributed by atoms with van der Waals surface area (Å²) in [4.78, 5) is 11.7. The molecule has 0 aliphatic carbocycles. The number of carboxylic acids is 1. The molecule has 0 saturated carbocycles. The van der Waals surface area contributed by atoms with Gasteiger partial charge < -0.3 is 20.8 Å². The maximum absolute atomic E-state index is 10.6. The van der Waals surface area contributed by atoms with Gasteiger partial charge in [0, 0.05) is 13.0 Å². The molecule has 0 bridgehead atoms. The van der Waals surface area contributed by atoms with E-state index in [2.05, 4.69) is 0 Å². The largest absolute Gasteiger partial charge is 0.480 e. The number of β-amino-alcohol motifs (C(OH)–C–C–N with tert-alkyl or cyclic N) is 1. The first-order chi connectivity index (χ1) is 5.52. The number of aliphatic hydroxyl groups excluding tert-OH is 1. The van der Waals surface area contributed by atoms with Gasteiger partial charge in [-0.25, -0.2) is 4.79 Å². The van der Waals surface area contributed by atoms with Gasteiger partial charge in [0.25, 0.3) is 0 Å². The van der Waals surface area contributed by atoms with Gasteiger partial charge in [0.15, 0.2) is 5.96 Å². The molecule has 0 aromatic rings. The number of carboxylic acid groups (broad SMARTS) is 1. The fraction of sp³-hybridized carbons (Fsp3) is 0.667. The molecule has 12 heavy (non-hydrogen) atoms. The van der Waals surface area contributed by atoms with Gasteiger partial charge in [-0.3, -0.25) is 5.41 Å². The summed E-state index contributed by atoms with van der Waals surface area (Å²) in [6.07, 6.45) is -0.565. The molecule has 1 rings (SSSR count). The second kappa shape index (κ2) is 2.98. The van der Waals surface area contributed by atoms with Gasteiger partial charge in [0.05, 0.1) is 6.10 Å². The lowest BCUT2D eigenvalue weighted by Crippen LogP contribution is -2.44. The molecule has 0 radical (unpaired) electrons. The Labute approximate surface area is 69.1 Å². The summed E-state index contributed by atoms with van der Waals surface area (Å²) in [6.45, 7) is 0.131. The minimum absolute atomic E-state index is 0.131. The second-order valence-corrected chi connectivity index (χ2v) is 2.78. The van der Waals surface area contributed by atoms with E-state index in [4.69, 9.17) is 21.4 Å². The van der Waals surface area contributed by atoms with Crippen LogP contribution in [-0.2, 0) is 4.79 Å². The zero-order valence-electron chi connectivity index (χ0n) is 6.40. The number of rotatable bonds is 1. The molecule has 1 aliphatic heterocycles. The summed E-state index contributed by atoms with van der Waals surface area (Å²) in [5.41, 5.74) is 5.12. The number of nitrogens with one attached hydrogen (secondary N) is 1. The van der Waals surface area contributed by atoms with Crippen molar-refractivity contribution in [3.63, 3.8) is 0 Å². The summed E-state index contributed by atoms with van der Waals surface area (Å²) in [6, 6.07) is -0.850. The van der Waals surface area contributed by atoms with E-state index in [1.807, 2.05) is 0 Å². The van der Waals surface area contributed by atoms with E-state index >= 15 is 0 Å².